The third-order valence-electron chi connectivity index (χ3n) is 9.70. The monoisotopic (exact) mass is 754 g/mol. The fourth-order valence-electron chi connectivity index (χ4n) is 6.73. The smallest absolute Gasteiger partial charge is 0.328 e. The Morgan fingerprint density at radius 1 is 0.944 bits per heavy atom. The van der Waals surface area contributed by atoms with Gasteiger partial charge in [0, 0.05) is 38.7 Å². The molecule has 292 valence electrons. The van der Waals surface area contributed by atoms with Crippen LogP contribution in [0.5, 0.6) is 0 Å². The Labute approximate surface area is 313 Å². The highest BCUT2D eigenvalue weighted by atomic mass is 19.1. The first kappa shape index (κ1) is 41.3. The number of allylic oxidation sites excluding steroid dienone is 5. The molecule has 0 radical (unpaired) electrons. The molecular formula is C38H48F2N6O8. The van der Waals surface area contributed by atoms with Crippen LogP contribution in [0.4, 0.5) is 8.78 Å². The summed E-state index contributed by atoms with van der Waals surface area (Å²) in [5, 5.41) is 7.68. The summed E-state index contributed by atoms with van der Waals surface area (Å²) in [7, 11) is 1.41. The summed E-state index contributed by atoms with van der Waals surface area (Å²) in [6.45, 7) is 6.23. The Morgan fingerprint density at radius 2 is 1.63 bits per heavy atom. The summed E-state index contributed by atoms with van der Waals surface area (Å²) < 4.78 is 33.9. The van der Waals surface area contributed by atoms with Gasteiger partial charge < -0.3 is 35.4 Å². The third kappa shape index (κ3) is 10.4. The van der Waals surface area contributed by atoms with Crippen LogP contribution < -0.4 is 16.0 Å². The molecule has 16 heteroatoms. The van der Waals surface area contributed by atoms with Gasteiger partial charge in [0.15, 0.2) is 0 Å². The highest BCUT2D eigenvalue weighted by Gasteiger charge is 2.44. The Hall–Kier alpha value is -5.41. The van der Waals surface area contributed by atoms with Gasteiger partial charge in [0.2, 0.25) is 35.4 Å². The van der Waals surface area contributed by atoms with Crippen molar-refractivity contribution >= 4 is 41.4 Å². The second-order valence-corrected chi connectivity index (χ2v) is 13.9. The molecule has 1 aromatic carbocycles. The minimum absolute atomic E-state index is 0.0291. The molecule has 0 unspecified atom stereocenters. The Bertz CT molecular complexity index is 1700. The van der Waals surface area contributed by atoms with Gasteiger partial charge in [-0.2, -0.15) is 0 Å². The lowest BCUT2D eigenvalue weighted by molar-refractivity contribution is -0.158. The first-order valence-corrected chi connectivity index (χ1v) is 18.0. The summed E-state index contributed by atoms with van der Waals surface area (Å²) in [6, 6.07) is -4.55. The number of likely N-dealkylation sites (N-methyl/N-ethyl adjacent to an activating group) is 1. The largest absolute Gasteiger partial charge is 0.461 e. The van der Waals surface area contributed by atoms with Gasteiger partial charge in [0.25, 0.3) is 0 Å². The minimum Gasteiger partial charge on any atom is -0.461 e. The molecule has 3 N–H and O–H groups in total. The van der Waals surface area contributed by atoms with Crippen LogP contribution in [-0.4, -0.2) is 119 Å². The van der Waals surface area contributed by atoms with E-state index < -0.39 is 95.9 Å². The predicted molar refractivity (Wildman–Crippen MR) is 192 cm³/mol. The topological polar surface area (TPSA) is 175 Å². The van der Waals surface area contributed by atoms with Crippen molar-refractivity contribution in [2.75, 3.05) is 26.7 Å². The zero-order chi connectivity index (χ0) is 39.7. The summed E-state index contributed by atoms with van der Waals surface area (Å²) >= 11 is 0. The number of nitrogens with one attached hydrogen (secondary N) is 3. The highest BCUT2D eigenvalue weighted by molar-refractivity contribution is 5.98. The molecule has 3 saturated heterocycles. The molecule has 6 amide bonds. The van der Waals surface area contributed by atoms with Crippen LogP contribution in [0.15, 0.2) is 54.7 Å². The van der Waals surface area contributed by atoms with Gasteiger partial charge in [-0.15, -0.1) is 0 Å². The van der Waals surface area contributed by atoms with Gasteiger partial charge in [-0.25, -0.2) is 13.6 Å². The van der Waals surface area contributed by atoms with Crippen molar-refractivity contribution in [2.45, 2.75) is 89.6 Å². The molecule has 3 fully saturated rings. The lowest BCUT2D eigenvalue weighted by Crippen LogP contribution is -2.60. The van der Waals surface area contributed by atoms with Crippen molar-refractivity contribution in [3.8, 4) is 0 Å². The van der Waals surface area contributed by atoms with E-state index in [1.165, 1.54) is 41.7 Å². The van der Waals surface area contributed by atoms with Gasteiger partial charge in [-0.1, -0.05) is 37.3 Å². The minimum atomic E-state index is -1.58. The number of hydrogen-bond acceptors (Lipinski definition) is 8. The van der Waals surface area contributed by atoms with E-state index in [-0.39, 0.29) is 43.8 Å². The average molecular weight is 755 g/mol. The number of nitrogens with zero attached hydrogens (tertiary/aromatic N) is 3. The van der Waals surface area contributed by atoms with Gasteiger partial charge >= 0.3 is 5.97 Å². The average Bonchev–Trinajstić information content (AvgIpc) is 3.77. The maximum absolute atomic E-state index is 14.2. The Balaban J connectivity index is 1.68. The molecule has 4 rings (SSSR count). The summed E-state index contributed by atoms with van der Waals surface area (Å²) in [6.07, 6.45) is 9.81. The number of rotatable bonds is 8. The fraction of sp³-hybridized carbons (Fsp3) is 0.500. The van der Waals surface area contributed by atoms with E-state index in [0.29, 0.717) is 12.5 Å². The number of benzene rings is 1. The molecule has 1 aromatic rings. The SMILES string of the molecule is CC=CC=CC=CC(=O)N[C@@H](Cc1cc(F)cc(F)c1)C(=O)N[C@H]1COC(=O)[C@@H]2C[C@@H](C)CN2C(=O)[C@H](C)NC(=O)[C@H](C)N(C)C(=O)[C@@H]2CCCN2C1=O. The van der Waals surface area contributed by atoms with Crippen LogP contribution in [0, 0.1) is 17.6 Å². The van der Waals surface area contributed by atoms with Gasteiger partial charge in [0.05, 0.1) is 0 Å². The van der Waals surface area contributed by atoms with Crippen molar-refractivity contribution in [3.05, 3.63) is 71.9 Å². The molecule has 14 nitrogen and oxygen atoms in total. The molecule has 3 heterocycles. The number of halogens is 2. The zero-order valence-corrected chi connectivity index (χ0v) is 31.1. The highest BCUT2D eigenvalue weighted by Crippen LogP contribution is 2.26. The quantitative estimate of drug-likeness (QED) is 0.202. The molecule has 7 atom stereocenters. The van der Waals surface area contributed by atoms with Gasteiger partial charge in [-0.05, 0) is 63.6 Å². The van der Waals surface area contributed by atoms with E-state index in [9.17, 15) is 42.3 Å². The van der Waals surface area contributed by atoms with Gasteiger partial charge in [-0.3, -0.25) is 28.8 Å². The van der Waals surface area contributed by atoms with Crippen molar-refractivity contribution < 1.29 is 47.1 Å². The fourth-order valence-corrected chi connectivity index (χ4v) is 6.73. The van der Waals surface area contributed by atoms with Crippen molar-refractivity contribution in [3.63, 3.8) is 0 Å². The zero-order valence-electron chi connectivity index (χ0n) is 31.1. The van der Waals surface area contributed by atoms with Crippen LogP contribution in [0.25, 0.3) is 0 Å². The molecule has 0 saturated carbocycles. The first-order chi connectivity index (χ1) is 25.6. The molecule has 3 aliphatic rings. The van der Waals surface area contributed by atoms with Crippen LogP contribution >= 0.6 is 0 Å². The second kappa shape index (κ2) is 18.6. The number of amides is 6. The van der Waals surface area contributed by atoms with E-state index in [1.54, 1.807) is 24.3 Å². The third-order valence-corrected chi connectivity index (χ3v) is 9.70. The van der Waals surface area contributed by atoms with Crippen molar-refractivity contribution in [1.82, 2.24) is 30.7 Å². The van der Waals surface area contributed by atoms with E-state index in [0.717, 1.165) is 18.2 Å². The maximum atomic E-state index is 14.2. The van der Waals surface area contributed by atoms with Crippen LogP contribution in [-0.2, 0) is 44.7 Å². The number of ether oxygens (including phenoxy) is 1. The number of carbonyl (C=O) groups is 7. The Kier molecular flexibility index (Phi) is 14.2. The number of hydrogen-bond donors (Lipinski definition) is 3. The lowest BCUT2D eigenvalue weighted by Gasteiger charge is -2.34. The summed E-state index contributed by atoms with van der Waals surface area (Å²) in [5.74, 6) is -6.92. The van der Waals surface area contributed by atoms with Crippen LogP contribution in [0.1, 0.15) is 52.5 Å². The first-order valence-electron chi connectivity index (χ1n) is 18.0. The predicted octanol–water partition coefficient (Wildman–Crippen LogP) is 1.30. The van der Waals surface area contributed by atoms with E-state index in [1.807, 2.05) is 13.8 Å². The van der Waals surface area contributed by atoms with Crippen molar-refractivity contribution in [1.29, 1.82) is 0 Å². The molecule has 0 bridgehead atoms. The lowest BCUT2D eigenvalue weighted by atomic mass is 10.0. The normalized spacial score (nSPS) is 26.6. The number of esters is 1. The Morgan fingerprint density at radius 3 is 2.31 bits per heavy atom. The molecule has 0 aromatic heterocycles. The molecular weight excluding hydrogens is 706 g/mol. The molecule has 3 aliphatic heterocycles. The van der Waals surface area contributed by atoms with E-state index in [2.05, 4.69) is 16.0 Å². The number of fused-ring (bicyclic) bond motifs is 2. The maximum Gasteiger partial charge on any atom is 0.328 e. The molecule has 54 heavy (non-hydrogen) atoms. The number of cyclic esters (lactones) is 1. The second-order valence-electron chi connectivity index (χ2n) is 13.9. The number of carbonyl (C=O) groups excluding carboxylic acids is 7. The van der Waals surface area contributed by atoms with E-state index >= 15 is 0 Å². The summed E-state index contributed by atoms with van der Waals surface area (Å²) in [5.41, 5.74) is 0.0291. The van der Waals surface area contributed by atoms with Crippen LogP contribution in [0.2, 0.25) is 0 Å². The molecule has 0 aliphatic carbocycles. The summed E-state index contributed by atoms with van der Waals surface area (Å²) in [4.78, 5) is 98.9. The standard InChI is InChI=1S/C38H48F2N6O8/c1-6-7-8-9-10-13-32(47)42-28(18-25-16-26(39)19-27(40)17-25)34(49)43-29-21-54-38(53)31-15-22(2)20-46(31)35(50)23(3)41-33(48)24(4)44(5)37(52)30-12-11-14-45(30)36(29)51/h6-10,13,16-17,19,22-24,28-31H,11-12,14-15,18,20-21H2,1-5H3,(H,41,48)(H,42,47)(H,43,49)/t22-,23+,24+,28+,29+,30+,31+/m1/s1. The van der Waals surface area contributed by atoms with Crippen molar-refractivity contribution in [2.24, 2.45) is 5.92 Å². The molecule has 0 spiro atoms. The van der Waals surface area contributed by atoms with E-state index in [4.69, 9.17) is 4.74 Å². The van der Waals surface area contributed by atoms with Crippen LogP contribution in [0.3, 0.4) is 0 Å². The van der Waals surface area contributed by atoms with Gasteiger partial charge in [0.1, 0.15) is 54.5 Å².